The van der Waals surface area contributed by atoms with E-state index in [1.165, 1.54) is 0 Å². The fourth-order valence-corrected chi connectivity index (χ4v) is 2.24. The molecule has 0 aliphatic carbocycles. The molecule has 2 N–H and O–H groups in total. The van der Waals surface area contributed by atoms with E-state index < -0.39 is 11.7 Å². The number of alkyl carbamates (subject to hydrolysis) is 1. The van der Waals surface area contributed by atoms with E-state index in [2.05, 4.69) is 10.3 Å². The number of phenolic OH excluding ortho intramolecular Hbond substituents is 1. The Labute approximate surface area is 154 Å². The summed E-state index contributed by atoms with van der Waals surface area (Å²) in [6.07, 6.45) is 1.24. The van der Waals surface area contributed by atoms with Crippen LogP contribution in [0.5, 0.6) is 11.5 Å². The van der Waals surface area contributed by atoms with Gasteiger partial charge in [0.2, 0.25) is 0 Å². The predicted molar refractivity (Wildman–Crippen MR) is 100 cm³/mol. The van der Waals surface area contributed by atoms with Crippen LogP contribution in [0.2, 0.25) is 0 Å². The third kappa shape index (κ3) is 6.27. The minimum Gasteiger partial charge on any atom is -0.508 e. The minimum atomic E-state index is -0.518. The molecule has 0 aliphatic heterocycles. The fourth-order valence-electron chi connectivity index (χ4n) is 2.24. The topological polar surface area (TPSA) is 80.7 Å². The van der Waals surface area contributed by atoms with Crippen molar-refractivity contribution in [3.63, 3.8) is 0 Å². The Morgan fingerprint density at radius 3 is 2.73 bits per heavy atom. The highest BCUT2D eigenvalue weighted by Gasteiger charge is 2.17. The second kappa shape index (κ2) is 8.56. The highest BCUT2D eigenvalue weighted by Crippen LogP contribution is 2.29. The summed E-state index contributed by atoms with van der Waals surface area (Å²) in [4.78, 5) is 16.1. The largest absolute Gasteiger partial charge is 0.508 e. The molecule has 2 rings (SSSR count). The average Bonchev–Trinajstić information content (AvgIpc) is 2.57. The average molecular weight is 358 g/mol. The molecular weight excluding hydrogens is 332 g/mol. The molecule has 140 valence electrons. The maximum Gasteiger partial charge on any atom is 0.407 e. The molecule has 1 heterocycles. The number of aromatic hydroxyl groups is 1. The number of phenols is 1. The van der Waals surface area contributed by atoms with Crippen molar-refractivity contribution in [2.45, 2.75) is 33.3 Å². The van der Waals surface area contributed by atoms with Gasteiger partial charge in [0.25, 0.3) is 0 Å². The molecule has 0 spiro atoms. The summed E-state index contributed by atoms with van der Waals surface area (Å²) in [6, 6.07) is 10.5. The SMILES string of the molecule is CC(CNC(=O)OC(C)(C)C)COc1cccnc1-c1cccc(O)c1. The van der Waals surface area contributed by atoms with Crippen molar-refractivity contribution >= 4 is 6.09 Å². The Morgan fingerprint density at radius 2 is 2.04 bits per heavy atom. The molecule has 0 aliphatic rings. The van der Waals surface area contributed by atoms with Crippen molar-refractivity contribution in [2.75, 3.05) is 13.2 Å². The summed E-state index contributed by atoms with van der Waals surface area (Å²) in [5.74, 6) is 0.885. The molecule has 1 aromatic carbocycles. The number of amides is 1. The van der Waals surface area contributed by atoms with Gasteiger partial charge in [-0.1, -0.05) is 19.1 Å². The monoisotopic (exact) mass is 358 g/mol. The summed E-state index contributed by atoms with van der Waals surface area (Å²) in [5.41, 5.74) is 0.922. The number of rotatable bonds is 6. The van der Waals surface area contributed by atoms with E-state index in [0.29, 0.717) is 24.6 Å². The summed E-state index contributed by atoms with van der Waals surface area (Å²) in [6.45, 7) is 8.30. The van der Waals surface area contributed by atoms with Gasteiger partial charge in [-0.15, -0.1) is 0 Å². The molecule has 0 radical (unpaired) electrons. The van der Waals surface area contributed by atoms with Crippen LogP contribution >= 0.6 is 0 Å². The molecule has 0 saturated heterocycles. The summed E-state index contributed by atoms with van der Waals surface area (Å²) in [7, 11) is 0. The number of ether oxygens (including phenoxy) is 2. The van der Waals surface area contributed by atoms with E-state index >= 15 is 0 Å². The zero-order valence-corrected chi connectivity index (χ0v) is 15.7. The van der Waals surface area contributed by atoms with Gasteiger partial charge < -0.3 is 19.9 Å². The van der Waals surface area contributed by atoms with Crippen LogP contribution in [0.15, 0.2) is 42.6 Å². The zero-order chi connectivity index (χ0) is 19.2. The second-order valence-electron chi connectivity index (χ2n) is 7.20. The molecule has 0 saturated carbocycles. The van der Waals surface area contributed by atoms with E-state index in [1.807, 2.05) is 39.8 Å². The Morgan fingerprint density at radius 1 is 1.27 bits per heavy atom. The van der Waals surface area contributed by atoms with Crippen molar-refractivity contribution < 1.29 is 19.4 Å². The van der Waals surface area contributed by atoms with Gasteiger partial charge in [-0.05, 0) is 45.0 Å². The first-order chi connectivity index (χ1) is 12.2. The first kappa shape index (κ1) is 19.6. The molecule has 6 nitrogen and oxygen atoms in total. The summed E-state index contributed by atoms with van der Waals surface area (Å²) < 4.78 is 11.1. The predicted octanol–water partition coefficient (Wildman–Crippen LogP) is 3.99. The van der Waals surface area contributed by atoms with E-state index in [4.69, 9.17) is 9.47 Å². The van der Waals surface area contributed by atoms with Gasteiger partial charge in [0.15, 0.2) is 0 Å². The normalized spacial score (nSPS) is 12.3. The molecule has 1 unspecified atom stereocenters. The number of pyridine rings is 1. The van der Waals surface area contributed by atoms with Crippen LogP contribution in [0.1, 0.15) is 27.7 Å². The highest BCUT2D eigenvalue weighted by atomic mass is 16.6. The molecule has 2 aromatic rings. The molecule has 1 aromatic heterocycles. The molecule has 26 heavy (non-hydrogen) atoms. The molecule has 1 amide bonds. The number of aromatic nitrogens is 1. The number of carbonyl (C=O) groups is 1. The Kier molecular flexibility index (Phi) is 6.44. The van der Waals surface area contributed by atoms with Crippen molar-refractivity contribution in [3.8, 4) is 22.8 Å². The van der Waals surface area contributed by atoms with Crippen LogP contribution in [0.3, 0.4) is 0 Å². The molecule has 0 fully saturated rings. The lowest BCUT2D eigenvalue weighted by atomic mass is 10.1. The first-order valence-electron chi connectivity index (χ1n) is 8.58. The number of hydrogen-bond donors (Lipinski definition) is 2. The van der Waals surface area contributed by atoms with E-state index in [0.717, 1.165) is 5.56 Å². The maximum absolute atomic E-state index is 11.7. The van der Waals surface area contributed by atoms with Crippen LogP contribution in [0.4, 0.5) is 4.79 Å². The number of carbonyl (C=O) groups excluding carboxylic acids is 1. The molecule has 0 bridgehead atoms. The van der Waals surface area contributed by atoms with Crippen LogP contribution in [-0.4, -0.2) is 34.9 Å². The lowest BCUT2D eigenvalue weighted by Crippen LogP contribution is -2.35. The quantitative estimate of drug-likeness (QED) is 0.816. The molecular formula is C20H26N2O4. The van der Waals surface area contributed by atoms with E-state index in [-0.39, 0.29) is 11.7 Å². The number of nitrogens with one attached hydrogen (secondary N) is 1. The second-order valence-corrected chi connectivity index (χ2v) is 7.20. The van der Waals surface area contributed by atoms with Gasteiger partial charge in [-0.2, -0.15) is 0 Å². The smallest absolute Gasteiger partial charge is 0.407 e. The standard InChI is InChI=1S/C20H26N2O4/c1-14(12-22-19(24)26-20(2,3)4)13-25-17-9-6-10-21-18(17)15-7-5-8-16(23)11-15/h5-11,14,23H,12-13H2,1-4H3,(H,22,24). The van der Waals surface area contributed by atoms with Gasteiger partial charge >= 0.3 is 6.09 Å². The van der Waals surface area contributed by atoms with Gasteiger partial charge in [-0.3, -0.25) is 4.98 Å². The van der Waals surface area contributed by atoms with Crippen molar-refractivity contribution in [2.24, 2.45) is 5.92 Å². The first-order valence-corrected chi connectivity index (χ1v) is 8.58. The minimum absolute atomic E-state index is 0.0831. The summed E-state index contributed by atoms with van der Waals surface area (Å²) in [5, 5.41) is 12.4. The fraction of sp³-hybridized carbons (Fsp3) is 0.400. The van der Waals surface area contributed by atoms with Crippen LogP contribution in [0.25, 0.3) is 11.3 Å². The zero-order valence-electron chi connectivity index (χ0n) is 15.7. The van der Waals surface area contributed by atoms with Crippen molar-refractivity contribution in [3.05, 3.63) is 42.6 Å². The Hall–Kier alpha value is -2.76. The van der Waals surface area contributed by atoms with Crippen molar-refractivity contribution in [1.29, 1.82) is 0 Å². The van der Waals surface area contributed by atoms with E-state index in [1.54, 1.807) is 30.5 Å². The third-order valence-corrected chi connectivity index (χ3v) is 3.41. The van der Waals surface area contributed by atoms with Crippen molar-refractivity contribution in [1.82, 2.24) is 10.3 Å². The van der Waals surface area contributed by atoms with Gasteiger partial charge in [-0.25, -0.2) is 4.79 Å². The maximum atomic E-state index is 11.7. The Balaban J connectivity index is 1.92. The van der Waals surface area contributed by atoms with Crippen LogP contribution < -0.4 is 10.1 Å². The number of hydrogen-bond acceptors (Lipinski definition) is 5. The van der Waals surface area contributed by atoms with Gasteiger partial charge in [0.1, 0.15) is 22.8 Å². The molecule has 1 atom stereocenters. The Bertz CT molecular complexity index is 741. The summed E-state index contributed by atoms with van der Waals surface area (Å²) >= 11 is 0. The third-order valence-electron chi connectivity index (χ3n) is 3.41. The van der Waals surface area contributed by atoms with Gasteiger partial charge in [0, 0.05) is 24.2 Å². The van der Waals surface area contributed by atoms with Gasteiger partial charge in [0.05, 0.1) is 6.61 Å². The van der Waals surface area contributed by atoms with E-state index in [9.17, 15) is 9.90 Å². The van der Waals surface area contributed by atoms with Crippen LogP contribution in [0, 0.1) is 5.92 Å². The number of benzene rings is 1. The van der Waals surface area contributed by atoms with Crippen LogP contribution in [-0.2, 0) is 4.74 Å². The lowest BCUT2D eigenvalue weighted by Gasteiger charge is -2.21. The highest BCUT2D eigenvalue weighted by molar-refractivity contribution is 5.68. The number of nitrogens with zero attached hydrogens (tertiary/aromatic N) is 1. The lowest BCUT2D eigenvalue weighted by molar-refractivity contribution is 0.0516. The molecule has 6 heteroatoms.